The van der Waals surface area contributed by atoms with E-state index >= 15 is 0 Å². The van der Waals surface area contributed by atoms with Gasteiger partial charge in [0.2, 0.25) is 17.7 Å². The van der Waals surface area contributed by atoms with E-state index in [4.69, 9.17) is 4.74 Å². The van der Waals surface area contributed by atoms with Crippen LogP contribution in [-0.4, -0.2) is 82.0 Å². The van der Waals surface area contributed by atoms with Crippen molar-refractivity contribution in [1.29, 1.82) is 0 Å². The molecule has 6 N–H and O–H groups in total. The number of nitrogens with one attached hydrogen (secondary N) is 4. The van der Waals surface area contributed by atoms with E-state index in [9.17, 15) is 29.4 Å². The monoisotopic (exact) mass is 666 g/mol. The molecule has 0 saturated carbocycles. The molecule has 0 heterocycles. The van der Waals surface area contributed by atoms with E-state index in [1.54, 1.807) is 46.4 Å². The third-order valence-electron chi connectivity index (χ3n) is 7.42. The second-order valence-corrected chi connectivity index (χ2v) is 14.7. The van der Waals surface area contributed by atoms with Gasteiger partial charge in [-0.15, -0.1) is 0 Å². The Balaban J connectivity index is 3.09. The van der Waals surface area contributed by atoms with Gasteiger partial charge < -0.3 is 36.2 Å². The standard InChI is InChI=1S/C34H58N4O7S/c1-20(2)18-25(19-27(40)29(23(6)39)38-33(44)45-34(7,8)9)30(41)37-28(21(3)4)32(43)36-26(16-17-46-10)31(42)35-22(5)24-14-12-11-13-15-24/h11-15,20-23,25-29,39-40H,16-19H2,1-10H3,(H,35,42)(H,36,43)(H,37,41)(H,38,44)/t22-,23+,25+,26-,27+,28-,29-/m0/s1. The lowest BCUT2D eigenvalue weighted by Crippen LogP contribution is -2.57. The third kappa shape index (κ3) is 15.2. The zero-order valence-electron chi connectivity index (χ0n) is 29.3. The van der Waals surface area contributed by atoms with Gasteiger partial charge in [-0.05, 0) is 83.3 Å². The fraction of sp³-hybridized carbons (Fsp3) is 0.706. The van der Waals surface area contributed by atoms with Gasteiger partial charge in [-0.3, -0.25) is 14.4 Å². The lowest BCUT2D eigenvalue weighted by atomic mass is 9.87. The van der Waals surface area contributed by atoms with Crippen molar-refractivity contribution in [1.82, 2.24) is 21.3 Å². The predicted octanol–water partition coefficient (Wildman–Crippen LogP) is 3.93. The first-order chi connectivity index (χ1) is 21.4. The fourth-order valence-electron chi connectivity index (χ4n) is 5.01. The summed E-state index contributed by atoms with van der Waals surface area (Å²) in [5.74, 6) is -1.54. The smallest absolute Gasteiger partial charge is 0.408 e. The van der Waals surface area contributed by atoms with Crippen LogP contribution in [-0.2, 0) is 19.1 Å². The molecule has 4 amide bonds. The number of ether oxygens (including phenoxy) is 1. The minimum Gasteiger partial charge on any atom is -0.444 e. The maximum absolute atomic E-state index is 13.7. The number of aliphatic hydroxyl groups excluding tert-OH is 2. The van der Waals surface area contributed by atoms with E-state index in [1.165, 1.54) is 6.92 Å². The van der Waals surface area contributed by atoms with Crippen LogP contribution in [0.4, 0.5) is 4.79 Å². The van der Waals surface area contributed by atoms with Crippen LogP contribution in [0.1, 0.15) is 93.2 Å². The van der Waals surface area contributed by atoms with Gasteiger partial charge in [0, 0.05) is 5.92 Å². The van der Waals surface area contributed by atoms with E-state index in [1.807, 2.05) is 57.4 Å². The average molecular weight is 667 g/mol. The van der Waals surface area contributed by atoms with Crippen molar-refractivity contribution >= 4 is 35.6 Å². The fourth-order valence-corrected chi connectivity index (χ4v) is 5.48. The van der Waals surface area contributed by atoms with E-state index in [0.717, 1.165) is 5.56 Å². The molecule has 262 valence electrons. The van der Waals surface area contributed by atoms with Crippen LogP contribution in [0.3, 0.4) is 0 Å². The van der Waals surface area contributed by atoms with Gasteiger partial charge in [-0.1, -0.05) is 58.0 Å². The normalized spacial score (nSPS) is 16.4. The summed E-state index contributed by atoms with van der Waals surface area (Å²) in [6, 6.07) is 6.45. The van der Waals surface area contributed by atoms with Crippen LogP contribution in [0.25, 0.3) is 0 Å². The molecule has 46 heavy (non-hydrogen) atoms. The molecule has 0 saturated heterocycles. The number of thioether (sulfide) groups is 1. The van der Waals surface area contributed by atoms with Gasteiger partial charge in [0.1, 0.15) is 17.7 Å². The van der Waals surface area contributed by atoms with Crippen molar-refractivity contribution < 1.29 is 34.1 Å². The van der Waals surface area contributed by atoms with Gasteiger partial charge in [0.05, 0.1) is 24.3 Å². The second kappa shape index (κ2) is 19.7. The highest BCUT2D eigenvalue weighted by molar-refractivity contribution is 7.98. The molecule has 1 aromatic carbocycles. The second-order valence-electron chi connectivity index (χ2n) is 13.8. The van der Waals surface area contributed by atoms with Gasteiger partial charge >= 0.3 is 6.09 Å². The minimum absolute atomic E-state index is 0.0715. The van der Waals surface area contributed by atoms with Crippen LogP contribution in [0.2, 0.25) is 0 Å². The van der Waals surface area contributed by atoms with Crippen molar-refractivity contribution in [3.8, 4) is 0 Å². The van der Waals surface area contributed by atoms with Crippen LogP contribution >= 0.6 is 11.8 Å². The molecule has 1 aromatic rings. The molecule has 0 aromatic heterocycles. The topological polar surface area (TPSA) is 166 Å². The van der Waals surface area contributed by atoms with E-state index < -0.39 is 59.8 Å². The summed E-state index contributed by atoms with van der Waals surface area (Å²) < 4.78 is 5.28. The average Bonchev–Trinajstić information content (AvgIpc) is 2.94. The molecule has 0 unspecified atom stereocenters. The summed E-state index contributed by atoms with van der Waals surface area (Å²) in [5.41, 5.74) is 0.163. The number of hydrogen-bond acceptors (Lipinski definition) is 8. The van der Waals surface area contributed by atoms with Gasteiger partial charge in [-0.25, -0.2) is 4.79 Å². The number of amides is 4. The number of hydrogen-bond donors (Lipinski definition) is 6. The molecule has 0 radical (unpaired) electrons. The highest BCUT2D eigenvalue weighted by atomic mass is 32.2. The molecule has 0 aliphatic heterocycles. The Kier molecular flexibility index (Phi) is 17.7. The van der Waals surface area contributed by atoms with E-state index in [2.05, 4.69) is 21.3 Å². The largest absolute Gasteiger partial charge is 0.444 e. The van der Waals surface area contributed by atoms with Gasteiger partial charge in [-0.2, -0.15) is 11.8 Å². The maximum Gasteiger partial charge on any atom is 0.408 e. The molecule has 11 nitrogen and oxygen atoms in total. The lowest BCUT2D eigenvalue weighted by molar-refractivity contribution is -0.135. The minimum atomic E-state index is -1.28. The number of carbonyl (C=O) groups is 4. The number of carbonyl (C=O) groups excluding carboxylic acids is 4. The van der Waals surface area contributed by atoms with E-state index in [-0.39, 0.29) is 30.2 Å². The first-order valence-corrected chi connectivity index (χ1v) is 17.6. The first-order valence-electron chi connectivity index (χ1n) is 16.2. The number of rotatable bonds is 18. The molecule has 0 spiro atoms. The van der Waals surface area contributed by atoms with Crippen LogP contribution < -0.4 is 21.3 Å². The Bertz CT molecular complexity index is 1090. The summed E-state index contributed by atoms with van der Waals surface area (Å²) in [4.78, 5) is 53.0. The molecule has 0 bridgehead atoms. The summed E-state index contributed by atoms with van der Waals surface area (Å²) in [5, 5.41) is 32.7. The van der Waals surface area contributed by atoms with Gasteiger partial charge in [0.15, 0.2) is 0 Å². The number of aliphatic hydroxyl groups is 2. The Morgan fingerprint density at radius 2 is 1.43 bits per heavy atom. The third-order valence-corrected chi connectivity index (χ3v) is 8.06. The van der Waals surface area contributed by atoms with Crippen molar-refractivity contribution in [3.63, 3.8) is 0 Å². The number of benzene rings is 1. The van der Waals surface area contributed by atoms with Crippen molar-refractivity contribution in [2.75, 3.05) is 12.0 Å². The highest BCUT2D eigenvalue weighted by Gasteiger charge is 2.35. The molecule has 0 aliphatic carbocycles. The molecule has 12 heteroatoms. The lowest BCUT2D eigenvalue weighted by Gasteiger charge is -2.31. The summed E-state index contributed by atoms with van der Waals surface area (Å²) in [7, 11) is 0. The Labute approximate surface area is 279 Å². The summed E-state index contributed by atoms with van der Waals surface area (Å²) in [6.07, 6.45) is -0.547. The molecular formula is C34H58N4O7S. The van der Waals surface area contributed by atoms with Gasteiger partial charge in [0.25, 0.3) is 0 Å². The highest BCUT2D eigenvalue weighted by Crippen LogP contribution is 2.22. The molecule has 1 rings (SSSR count). The van der Waals surface area contributed by atoms with E-state index in [0.29, 0.717) is 18.6 Å². The zero-order chi connectivity index (χ0) is 35.2. The molecule has 7 atom stereocenters. The van der Waals surface area contributed by atoms with Crippen LogP contribution in [0, 0.1) is 17.8 Å². The Morgan fingerprint density at radius 3 is 1.93 bits per heavy atom. The first kappa shape index (κ1) is 41.2. The van der Waals surface area contributed by atoms with Crippen LogP contribution in [0.15, 0.2) is 30.3 Å². The quantitative estimate of drug-likeness (QED) is 0.137. The molecule has 0 fully saturated rings. The number of alkyl carbamates (subject to hydrolysis) is 1. The van der Waals surface area contributed by atoms with Crippen molar-refractivity contribution in [2.24, 2.45) is 17.8 Å². The zero-order valence-corrected chi connectivity index (χ0v) is 30.1. The Hall–Kier alpha value is -2.83. The van der Waals surface area contributed by atoms with Crippen molar-refractivity contribution in [2.45, 2.75) is 124 Å². The SMILES string of the molecule is CSCC[C@H](NC(=O)[C@@H](NC(=O)[C@H](CC(C)C)C[C@@H](O)[C@@H](NC(=O)OC(C)(C)C)[C@@H](C)O)C(C)C)C(=O)N[C@@H](C)c1ccccc1. The van der Waals surface area contributed by atoms with Crippen LogP contribution in [0.5, 0.6) is 0 Å². The molecular weight excluding hydrogens is 608 g/mol. The maximum atomic E-state index is 13.7. The summed E-state index contributed by atoms with van der Waals surface area (Å²) in [6.45, 7) is 15.9. The Morgan fingerprint density at radius 1 is 0.826 bits per heavy atom. The predicted molar refractivity (Wildman–Crippen MR) is 183 cm³/mol. The molecule has 0 aliphatic rings. The summed E-state index contributed by atoms with van der Waals surface area (Å²) >= 11 is 1.56. The van der Waals surface area contributed by atoms with Crippen molar-refractivity contribution in [3.05, 3.63) is 35.9 Å².